The molecule has 0 aliphatic carbocycles. The van der Waals surface area contributed by atoms with Gasteiger partial charge in [-0.05, 0) is 24.3 Å². The lowest BCUT2D eigenvalue weighted by Crippen LogP contribution is -2.09. The second-order valence-electron chi connectivity index (χ2n) is 5.45. The minimum absolute atomic E-state index is 0.280. The lowest BCUT2D eigenvalue weighted by molar-refractivity contribution is -0.137. The van der Waals surface area contributed by atoms with Crippen LogP contribution in [0.15, 0.2) is 24.3 Å². The number of anilines is 1. The first kappa shape index (κ1) is 19.2. The predicted octanol–water partition coefficient (Wildman–Crippen LogP) is 5.16. The van der Waals surface area contributed by atoms with E-state index in [1.165, 1.54) is 0 Å². The van der Waals surface area contributed by atoms with E-state index in [0.29, 0.717) is 16.8 Å². The fourth-order valence-electron chi connectivity index (χ4n) is 2.51. The molecule has 0 fully saturated rings. The van der Waals surface area contributed by atoms with Gasteiger partial charge in [0.2, 0.25) is 0 Å². The van der Waals surface area contributed by atoms with Gasteiger partial charge in [-0.1, -0.05) is 11.6 Å². The number of hydrogen-bond donors (Lipinski definition) is 1. The number of nitrogens with two attached hydrogens (primary N) is 1. The van der Waals surface area contributed by atoms with Crippen molar-refractivity contribution in [1.29, 1.82) is 0 Å². The number of hydrogen-bond acceptors (Lipinski definition) is 3. The molecule has 2 aromatic heterocycles. The lowest BCUT2D eigenvalue weighted by atomic mass is 10.1. The van der Waals surface area contributed by atoms with E-state index in [2.05, 4.69) is 10.1 Å². The van der Waals surface area contributed by atoms with Crippen LogP contribution in [0.5, 0.6) is 0 Å². The Morgan fingerprint density at radius 1 is 1.00 bits per heavy atom. The Hall–Kier alpha value is -2.56. The van der Waals surface area contributed by atoms with E-state index in [9.17, 15) is 30.7 Å². The first-order valence-electron chi connectivity index (χ1n) is 7.12. The Balaban J connectivity index is 2.30. The number of benzene rings is 1. The van der Waals surface area contributed by atoms with Gasteiger partial charge in [0.25, 0.3) is 0 Å². The molecule has 3 aromatic rings. The first-order chi connectivity index (χ1) is 12.4. The Bertz CT molecular complexity index is 1020. The molecule has 0 radical (unpaired) electrons. The number of alkyl halides is 7. The van der Waals surface area contributed by atoms with Crippen LogP contribution in [0.2, 0.25) is 5.02 Å². The van der Waals surface area contributed by atoms with Crippen LogP contribution in [0.1, 0.15) is 16.8 Å². The van der Waals surface area contributed by atoms with Gasteiger partial charge in [-0.3, -0.25) is 0 Å². The summed E-state index contributed by atoms with van der Waals surface area (Å²) in [4.78, 5) is 3.63. The van der Waals surface area contributed by atoms with E-state index in [4.69, 9.17) is 17.3 Å². The van der Waals surface area contributed by atoms with Crippen molar-refractivity contribution in [3.63, 3.8) is 0 Å². The van der Waals surface area contributed by atoms with E-state index < -0.39 is 57.7 Å². The SMILES string of the molecule is Nc1c2c(C(F)(F)F)cc(CF)nc2nn1-c1ccc(Cl)c(C(F)(F)F)c1. The highest BCUT2D eigenvalue weighted by atomic mass is 35.5. The summed E-state index contributed by atoms with van der Waals surface area (Å²) in [6.45, 7) is -1.29. The minimum Gasteiger partial charge on any atom is -0.383 e. The minimum atomic E-state index is -4.90. The van der Waals surface area contributed by atoms with Gasteiger partial charge < -0.3 is 5.73 Å². The second kappa shape index (κ2) is 6.25. The highest BCUT2D eigenvalue weighted by Crippen LogP contribution is 2.39. The summed E-state index contributed by atoms with van der Waals surface area (Å²) in [7, 11) is 0. The average Bonchev–Trinajstić information content (AvgIpc) is 2.89. The van der Waals surface area contributed by atoms with Crippen LogP contribution in [-0.4, -0.2) is 14.8 Å². The summed E-state index contributed by atoms with van der Waals surface area (Å²) in [5.74, 6) is -0.592. The molecule has 27 heavy (non-hydrogen) atoms. The molecule has 0 amide bonds. The van der Waals surface area contributed by atoms with E-state index in [1.54, 1.807) is 0 Å². The molecule has 0 unspecified atom stereocenters. The summed E-state index contributed by atoms with van der Waals surface area (Å²) in [6, 6.07) is 3.08. The molecule has 12 heteroatoms. The van der Waals surface area contributed by atoms with E-state index in [-0.39, 0.29) is 5.69 Å². The third kappa shape index (κ3) is 3.38. The average molecular weight is 413 g/mol. The van der Waals surface area contributed by atoms with Gasteiger partial charge in [0, 0.05) is 0 Å². The molecule has 0 saturated heterocycles. The first-order valence-corrected chi connectivity index (χ1v) is 7.49. The van der Waals surface area contributed by atoms with Crippen LogP contribution in [0.3, 0.4) is 0 Å². The van der Waals surface area contributed by atoms with Crippen LogP contribution in [0.25, 0.3) is 16.7 Å². The molecule has 0 aliphatic rings. The quantitative estimate of drug-likeness (QED) is 0.591. The Morgan fingerprint density at radius 3 is 2.19 bits per heavy atom. The van der Waals surface area contributed by atoms with Crippen LogP contribution in [0.4, 0.5) is 36.6 Å². The van der Waals surface area contributed by atoms with Crippen molar-refractivity contribution in [3.05, 3.63) is 46.1 Å². The van der Waals surface area contributed by atoms with Gasteiger partial charge in [-0.15, -0.1) is 5.10 Å². The summed E-state index contributed by atoms with van der Waals surface area (Å²) < 4.78 is 92.4. The van der Waals surface area contributed by atoms with Gasteiger partial charge in [-0.2, -0.15) is 26.3 Å². The molecule has 4 nitrogen and oxygen atoms in total. The molecule has 0 bridgehead atoms. The number of aromatic nitrogens is 3. The highest BCUT2D eigenvalue weighted by Gasteiger charge is 2.37. The van der Waals surface area contributed by atoms with Crippen molar-refractivity contribution < 1.29 is 30.7 Å². The summed E-state index contributed by atoms with van der Waals surface area (Å²) in [6.07, 6.45) is -9.70. The van der Waals surface area contributed by atoms with Gasteiger partial charge >= 0.3 is 12.4 Å². The highest BCUT2D eigenvalue weighted by molar-refractivity contribution is 6.31. The fraction of sp³-hybridized carbons (Fsp3) is 0.200. The van der Waals surface area contributed by atoms with Crippen molar-refractivity contribution in [2.45, 2.75) is 19.0 Å². The zero-order chi connectivity index (χ0) is 20.1. The van der Waals surface area contributed by atoms with Crippen molar-refractivity contribution in [3.8, 4) is 5.69 Å². The van der Waals surface area contributed by atoms with Crippen molar-refractivity contribution in [1.82, 2.24) is 14.8 Å². The monoisotopic (exact) mass is 412 g/mol. The fourth-order valence-corrected chi connectivity index (χ4v) is 2.74. The summed E-state index contributed by atoms with van der Waals surface area (Å²) in [5, 5.41) is 2.48. The maximum atomic E-state index is 13.3. The molecule has 2 heterocycles. The Labute approximate surface area is 151 Å². The summed E-state index contributed by atoms with van der Waals surface area (Å²) in [5.41, 5.74) is 1.85. The van der Waals surface area contributed by atoms with Crippen LogP contribution < -0.4 is 5.73 Å². The number of fused-ring (bicyclic) bond motifs is 1. The maximum Gasteiger partial charge on any atom is 0.417 e. The van der Waals surface area contributed by atoms with Crippen LogP contribution >= 0.6 is 11.6 Å². The molecule has 144 valence electrons. The number of nitrogens with zero attached hydrogens (tertiary/aromatic N) is 3. The smallest absolute Gasteiger partial charge is 0.383 e. The molecule has 0 saturated carbocycles. The normalized spacial score (nSPS) is 12.7. The maximum absolute atomic E-state index is 13.3. The van der Waals surface area contributed by atoms with Crippen molar-refractivity contribution in [2.24, 2.45) is 0 Å². The molecular weight excluding hydrogens is 405 g/mol. The standard InChI is InChI=1S/C15H8ClF7N4/c16-10-2-1-7(4-8(10)14(18,19)20)27-12(24)11-9(15(21,22)23)3-6(5-17)25-13(11)26-27/h1-4H,5,24H2. The lowest BCUT2D eigenvalue weighted by Gasteiger charge is -2.12. The van der Waals surface area contributed by atoms with Gasteiger partial charge in [0.15, 0.2) is 5.65 Å². The zero-order valence-corrected chi connectivity index (χ0v) is 13.7. The van der Waals surface area contributed by atoms with Gasteiger partial charge in [0.1, 0.15) is 12.5 Å². The predicted molar refractivity (Wildman–Crippen MR) is 83.1 cm³/mol. The van der Waals surface area contributed by atoms with E-state index >= 15 is 0 Å². The van der Waals surface area contributed by atoms with Crippen LogP contribution in [-0.2, 0) is 19.0 Å². The molecule has 1 aromatic carbocycles. The van der Waals surface area contributed by atoms with Crippen molar-refractivity contribution >= 4 is 28.5 Å². The third-order valence-electron chi connectivity index (χ3n) is 3.67. The number of nitrogen functional groups attached to an aromatic ring is 1. The number of pyridine rings is 1. The topological polar surface area (TPSA) is 56.7 Å². The number of halogens is 8. The van der Waals surface area contributed by atoms with E-state index in [1.807, 2.05) is 0 Å². The molecule has 3 rings (SSSR count). The molecular formula is C15H8ClF7N4. The van der Waals surface area contributed by atoms with E-state index in [0.717, 1.165) is 12.1 Å². The molecule has 0 atom stereocenters. The van der Waals surface area contributed by atoms with Crippen molar-refractivity contribution in [2.75, 3.05) is 5.73 Å². The Morgan fingerprint density at radius 2 is 1.63 bits per heavy atom. The third-order valence-corrected chi connectivity index (χ3v) is 4.00. The summed E-state index contributed by atoms with van der Waals surface area (Å²) >= 11 is 5.53. The molecule has 0 spiro atoms. The van der Waals surface area contributed by atoms with Gasteiger partial charge in [-0.25, -0.2) is 14.1 Å². The second-order valence-corrected chi connectivity index (χ2v) is 5.86. The largest absolute Gasteiger partial charge is 0.417 e. The molecule has 2 N–H and O–H groups in total. The van der Waals surface area contributed by atoms with Crippen LogP contribution in [0, 0.1) is 0 Å². The van der Waals surface area contributed by atoms with Gasteiger partial charge in [0.05, 0.1) is 32.9 Å². The molecule has 0 aliphatic heterocycles. The number of rotatable bonds is 2. The zero-order valence-electron chi connectivity index (χ0n) is 13.0. The Kier molecular flexibility index (Phi) is 4.45.